The van der Waals surface area contributed by atoms with E-state index in [1.54, 1.807) is 18.2 Å². The van der Waals surface area contributed by atoms with Crippen LogP contribution in [0.25, 0.3) is 0 Å². The van der Waals surface area contributed by atoms with Crippen LogP contribution in [-0.2, 0) is 16.3 Å². The van der Waals surface area contributed by atoms with Crippen molar-refractivity contribution in [3.63, 3.8) is 0 Å². The predicted molar refractivity (Wildman–Crippen MR) is 124 cm³/mol. The number of benzene rings is 3. The van der Waals surface area contributed by atoms with Gasteiger partial charge in [0.1, 0.15) is 11.6 Å². The van der Waals surface area contributed by atoms with E-state index in [2.05, 4.69) is 5.32 Å². The first-order chi connectivity index (χ1) is 15.2. The summed E-state index contributed by atoms with van der Waals surface area (Å²) in [6, 6.07) is 15.4. The number of phenols is 1. The molecule has 7 nitrogen and oxygen atoms in total. The van der Waals surface area contributed by atoms with Gasteiger partial charge in [-0.05, 0) is 66.6 Å². The van der Waals surface area contributed by atoms with Gasteiger partial charge in [-0.15, -0.1) is 12.4 Å². The summed E-state index contributed by atoms with van der Waals surface area (Å²) in [4.78, 5) is 11.3. The highest BCUT2D eigenvalue weighted by Crippen LogP contribution is 2.26. The number of amides is 1. The third kappa shape index (κ3) is 6.52. The Morgan fingerprint density at radius 1 is 1.03 bits per heavy atom. The van der Waals surface area contributed by atoms with Gasteiger partial charge in [0.2, 0.25) is 9.84 Å². The number of rotatable bonds is 9. The van der Waals surface area contributed by atoms with E-state index in [-0.39, 0.29) is 40.1 Å². The van der Waals surface area contributed by atoms with Crippen LogP contribution in [0.5, 0.6) is 5.75 Å². The zero-order chi connectivity index (χ0) is 23.3. The van der Waals surface area contributed by atoms with Crippen LogP contribution in [0.3, 0.4) is 0 Å². The smallest absolute Gasteiger partial charge is 0.252 e. The lowest BCUT2D eigenvalue weighted by atomic mass is 10.1. The number of hydrogen-bond acceptors (Lipinski definition) is 6. The second kappa shape index (κ2) is 11.2. The van der Waals surface area contributed by atoms with Gasteiger partial charge in [0.05, 0.1) is 21.5 Å². The van der Waals surface area contributed by atoms with Gasteiger partial charge in [0.25, 0.3) is 5.91 Å². The van der Waals surface area contributed by atoms with Crippen molar-refractivity contribution in [1.82, 2.24) is 5.32 Å². The van der Waals surface area contributed by atoms with Crippen molar-refractivity contribution in [2.45, 2.75) is 22.3 Å². The summed E-state index contributed by atoms with van der Waals surface area (Å²) < 4.78 is 38.9. The summed E-state index contributed by atoms with van der Waals surface area (Å²) in [5.74, 6) is -1.72. The molecule has 0 aliphatic heterocycles. The third-order valence-electron chi connectivity index (χ3n) is 4.94. The van der Waals surface area contributed by atoms with Crippen molar-refractivity contribution in [2.24, 2.45) is 5.73 Å². The lowest BCUT2D eigenvalue weighted by Gasteiger charge is -2.12. The summed E-state index contributed by atoms with van der Waals surface area (Å²) in [6.07, 6.45) is -0.254. The average molecular weight is 495 g/mol. The van der Waals surface area contributed by atoms with Gasteiger partial charge < -0.3 is 21.3 Å². The minimum absolute atomic E-state index is 0. The maximum Gasteiger partial charge on any atom is 0.252 e. The summed E-state index contributed by atoms with van der Waals surface area (Å²) in [7, 11) is -3.90. The number of carbonyl (C=O) groups is 1. The van der Waals surface area contributed by atoms with E-state index in [4.69, 9.17) is 5.73 Å². The molecule has 0 fully saturated rings. The minimum Gasteiger partial charge on any atom is -0.507 e. The van der Waals surface area contributed by atoms with E-state index in [0.717, 1.165) is 17.7 Å². The molecule has 0 aliphatic carbocycles. The van der Waals surface area contributed by atoms with Gasteiger partial charge in [-0.25, -0.2) is 12.8 Å². The van der Waals surface area contributed by atoms with Crippen LogP contribution in [0.15, 0.2) is 76.5 Å². The van der Waals surface area contributed by atoms with Gasteiger partial charge in [0.15, 0.2) is 0 Å². The highest BCUT2D eigenvalue weighted by molar-refractivity contribution is 7.91. The van der Waals surface area contributed by atoms with Crippen LogP contribution in [0.1, 0.15) is 27.6 Å². The summed E-state index contributed by atoms with van der Waals surface area (Å²) in [5.41, 5.74) is 6.26. The van der Waals surface area contributed by atoms with E-state index in [1.165, 1.54) is 36.4 Å². The largest absolute Gasteiger partial charge is 0.507 e. The maximum absolute atomic E-state index is 13.2. The molecule has 0 saturated heterocycles. The molecule has 3 aromatic rings. The number of nitrogens with two attached hydrogens (primary N) is 1. The summed E-state index contributed by atoms with van der Waals surface area (Å²) in [6.45, 7) is 0.775. The topological polar surface area (TPSA) is 130 Å². The van der Waals surface area contributed by atoms with Crippen molar-refractivity contribution >= 4 is 28.2 Å². The van der Waals surface area contributed by atoms with Gasteiger partial charge in [0, 0.05) is 6.54 Å². The van der Waals surface area contributed by atoms with Gasteiger partial charge >= 0.3 is 0 Å². The lowest BCUT2D eigenvalue weighted by molar-refractivity contribution is 0.0997. The molecule has 10 heteroatoms. The predicted octanol–water partition coefficient (Wildman–Crippen LogP) is 2.75. The molecule has 3 aromatic carbocycles. The van der Waals surface area contributed by atoms with Crippen molar-refractivity contribution in [2.75, 3.05) is 13.1 Å². The highest BCUT2D eigenvalue weighted by Gasteiger charge is 2.20. The van der Waals surface area contributed by atoms with E-state index >= 15 is 0 Å². The Hall–Kier alpha value is -2.98. The fourth-order valence-electron chi connectivity index (χ4n) is 3.15. The van der Waals surface area contributed by atoms with E-state index in [1.807, 2.05) is 0 Å². The molecule has 0 spiro atoms. The Labute approximate surface area is 197 Å². The molecule has 0 heterocycles. The molecule has 1 amide bonds. The first kappa shape index (κ1) is 26.3. The normalized spacial score (nSPS) is 12.1. The molecular formula is C23H24ClFN2O5S. The molecule has 3 rings (SSSR count). The molecule has 176 valence electrons. The van der Waals surface area contributed by atoms with Crippen LogP contribution in [0, 0.1) is 5.82 Å². The number of sulfone groups is 1. The van der Waals surface area contributed by atoms with E-state index in [0.29, 0.717) is 18.5 Å². The SMILES string of the molecule is Cl.NC(=O)c1cc(S(=O)(=O)c2ccc(CCNC[C@H](O)c3cccc(F)c3)cc2)ccc1O. The number of carbonyl (C=O) groups excluding carboxylic acids is 1. The molecular weight excluding hydrogens is 471 g/mol. The van der Waals surface area contributed by atoms with Crippen LogP contribution in [-0.4, -0.2) is 37.6 Å². The Balaban J connectivity index is 0.00000385. The Morgan fingerprint density at radius 2 is 1.70 bits per heavy atom. The molecule has 33 heavy (non-hydrogen) atoms. The third-order valence-corrected chi connectivity index (χ3v) is 6.71. The highest BCUT2D eigenvalue weighted by atomic mass is 35.5. The van der Waals surface area contributed by atoms with Gasteiger partial charge in [-0.1, -0.05) is 24.3 Å². The Bertz CT molecular complexity index is 1220. The minimum atomic E-state index is -3.90. The fourth-order valence-corrected chi connectivity index (χ4v) is 4.44. The van der Waals surface area contributed by atoms with Crippen molar-refractivity contribution < 1.29 is 27.8 Å². The second-order valence-electron chi connectivity index (χ2n) is 7.22. The summed E-state index contributed by atoms with van der Waals surface area (Å²) in [5, 5.41) is 22.9. The number of aliphatic hydroxyl groups is 1. The van der Waals surface area contributed by atoms with Crippen molar-refractivity contribution in [3.8, 4) is 5.75 Å². The fraction of sp³-hybridized carbons (Fsp3) is 0.174. The lowest BCUT2D eigenvalue weighted by Crippen LogP contribution is -2.23. The molecule has 0 aliphatic rings. The van der Waals surface area contributed by atoms with Crippen LogP contribution in [0.4, 0.5) is 4.39 Å². The van der Waals surface area contributed by atoms with Crippen molar-refractivity contribution in [3.05, 3.63) is 89.2 Å². The van der Waals surface area contributed by atoms with Crippen LogP contribution < -0.4 is 11.1 Å². The van der Waals surface area contributed by atoms with E-state index < -0.39 is 27.7 Å². The molecule has 0 bridgehead atoms. The zero-order valence-electron chi connectivity index (χ0n) is 17.4. The first-order valence-corrected chi connectivity index (χ1v) is 11.3. The molecule has 0 aromatic heterocycles. The molecule has 0 saturated carbocycles. The number of aromatic hydroxyl groups is 1. The first-order valence-electron chi connectivity index (χ1n) is 9.79. The molecule has 5 N–H and O–H groups in total. The zero-order valence-corrected chi connectivity index (χ0v) is 19.1. The summed E-state index contributed by atoms with van der Waals surface area (Å²) >= 11 is 0. The second-order valence-corrected chi connectivity index (χ2v) is 9.17. The molecule has 1 atom stereocenters. The van der Waals surface area contributed by atoms with Gasteiger partial charge in [-0.3, -0.25) is 4.79 Å². The number of primary amides is 1. The van der Waals surface area contributed by atoms with Gasteiger partial charge in [-0.2, -0.15) is 0 Å². The van der Waals surface area contributed by atoms with Crippen LogP contribution in [0.2, 0.25) is 0 Å². The number of nitrogens with one attached hydrogen (secondary N) is 1. The molecule has 0 unspecified atom stereocenters. The average Bonchev–Trinajstić information content (AvgIpc) is 2.77. The number of aliphatic hydroxyl groups excluding tert-OH is 1. The standard InChI is InChI=1S/C23H23FN2O5S.ClH/c24-17-3-1-2-16(12-17)22(28)14-26-11-10-15-4-6-18(7-5-15)32(30,31)19-8-9-21(27)20(13-19)23(25)29;/h1-9,12-13,22,26-28H,10-11,14H2,(H2,25,29);1H/t22-;/m0./s1. The Kier molecular flexibility index (Phi) is 8.95. The Morgan fingerprint density at radius 3 is 2.33 bits per heavy atom. The number of halogens is 2. The monoisotopic (exact) mass is 494 g/mol. The number of hydrogen-bond donors (Lipinski definition) is 4. The van der Waals surface area contributed by atoms with Crippen molar-refractivity contribution in [1.29, 1.82) is 0 Å². The van der Waals surface area contributed by atoms with Crippen LogP contribution >= 0.6 is 12.4 Å². The maximum atomic E-state index is 13.2. The van der Waals surface area contributed by atoms with E-state index in [9.17, 15) is 27.8 Å². The quantitative estimate of drug-likeness (QED) is 0.338. The molecule has 0 radical (unpaired) electrons.